The number of amides is 2. The Kier molecular flexibility index (Phi) is 8.37. The summed E-state index contributed by atoms with van der Waals surface area (Å²) in [6.45, 7) is 2.22. The number of benzene rings is 1. The quantitative estimate of drug-likeness (QED) is 0.192. The lowest BCUT2D eigenvalue weighted by Gasteiger charge is -2.27. The van der Waals surface area contributed by atoms with Gasteiger partial charge in [0.05, 0.1) is 33.0 Å². The maximum atomic E-state index is 14.9. The minimum Gasteiger partial charge on any atom is -0.453 e. The second kappa shape index (κ2) is 12.3. The number of rotatable bonds is 8. The zero-order chi connectivity index (χ0) is 29.2. The first-order valence-electron chi connectivity index (χ1n) is 14.5. The van der Waals surface area contributed by atoms with E-state index < -0.39 is 5.82 Å². The molecule has 8 nitrogen and oxygen atoms in total. The number of methoxy groups -OCH3 is 1. The van der Waals surface area contributed by atoms with Gasteiger partial charge in [-0.2, -0.15) is 0 Å². The highest BCUT2D eigenvalue weighted by Gasteiger charge is 2.31. The van der Waals surface area contributed by atoms with Gasteiger partial charge in [-0.1, -0.05) is 13.0 Å². The number of halogens is 1. The number of hydrogen-bond donors (Lipinski definition) is 3. The molecule has 2 aliphatic rings. The molecule has 2 aliphatic carbocycles. The number of aromatic nitrogens is 2. The molecule has 4 aromatic rings. The van der Waals surface area contributed by atoms with Crippen LogP contribution in [0.1, 0.15) is 44.6 Å². The highest BCUT2D eigenvalue weighted by atomic mass is 32.1. The Hall–Kier alpha value is -3.60. The third kappa shape index (κ3) is 6.56. The molecule has 3 N–H and O–H groups in total. The number of aliphatic hydroxyl groups excluding tert-OH is 1. The Balaban J connectivity index is 1.16. The van der Waals surface area contributed by atoms with Crippen molar-refractivity contribution in [3.05, 3.63) is 66.2 Å². The molecule has 0 bridgehead atoms. The predicted molar refractivity (Wildman–Crippen MR) is 162 cm³/mol. The molecule has 2 saturated carbocycles. The summed E-state index contributed by atoms with van der Waals surface area (Å²) in [4.78, 5) is 22.1. The number of nitrogens with zero attached hydrogens (tertiary/aromatic N) is 2. The van der Waals surface area contributed by atoms with Crippen molar-refractivity contribution in [2.75, 3.05) is 12.4 Å². The van der Waals surface area contributed by atoms with E-state index in [0.29, 0.717) is 23.3 Å². The fourth-order valence-electron chi connectivity index (χ4n) is 5.68. The van der Waals surface area contributed by atoms with Gasteiger partial charge in [0, 0.05) is 43.4 Å². The van der Waals surface area contributed by atoms with Gasteiger partial charge in [0.15, 0.2) is 11.6 Å². The van der Waals surface area contributed by atoms with E-state index in [1.54, 1.807) is 25.4 Å². The molecule has 3 aromatic heterocycles. The summed E-state index contributed by atoms with van der Waals surface area (Å²) in [5.41, 5.74) is 3.04. The van der Waals surface area contributed by atoms with Gasteiger partial charge in [-0.25, -0.2) is 9.18 Å². The number of pyridine rings is 2. The van der Waals surface area contributed by atoms with Gasteiger partial charge < -0.3 is 25.2 Å². The maximum absolute atomic E-state index is 14.9. The Morgan fingerprint density at radius 3 is 2.69 bits per heavy atom. The summed E-state index contributed by atoms with van der Waals surface area (Å²) >= 11 is 1.49. The minimum absolute atomic E-state index is 0.0571. The van der Waals surface area contributed by atoms with Crippen molar-refractivity contribution in [3.63, 3.8) is 0 Å². The van der Waals surface area contributed by atoms with Crippen LogP contribution in [0, 0.1) is 17.7 Å². The second-order valence-electron chi connectivity index (χ2n) is 11.4. The van der Waals surface area contributed by atoms with Crippen LogP contribution in [-0.2, 0) is 11.2 Å². The lowest BCUT2D eigenvalue weighted by Crippen LogP contribution is -2.30. The molecule has 4 unspecified atom stereocenters. The molecule has 0 radical (unpaired) electrons. The first-order chi connectivity index (χ1) is 20.4. The number of carbonyl (C=O) groups excluding carboxylic acids is 1. The molecule has 2 amide bonds. The summed E-state index contributed by atoms with van der Waals surface area (Å²) in [5.74, 6) is 0.640. The van der Waals surface area contributed by atoms with E-state index in [9.17, 15) is 14.3 Å². The monoisotopic (exact) mass is 590 g/mol. The molecule has 1 aromatic carbocycles. The van der Waals surface area contributed by atoms with Crippen molar-refractivity contribution < 1.29 is 23.8 Å². The highest BCUT2D eigenvalue weighted by molar-refractivity contribution is 7.22. The van der Waals surface area contributed by atoms with Crippen molar-refractivity contribution in [1.29, 1.82) is 0 Å². The number of carbonyl (C=O) groups is 1. The number of anilines is 1. The number of ether oxygens (including phenoxy) is 2. The number of fused-ring (bicyclic) bond motifs is 1. The van der Waals surface area contributed by atoms with Crippen molar-refractivity contribution in [2.45, 2.75) is 63.7 Å². The van der Waals surface area contributed by atoms with Crippen LogP contribution in [0.3, 0.4) is 0 Å². The number of hydrogen-bond acceptors (Lipinski definition) is 7. The van der Waals surface area contributed by atoms with Crippen LogP contribution in [0.2, 0.25) is 0 Å². The molecule has 220 valence electrons. The topological polar surface area (TPSA) is 106 Å². The summed E-state index contributed by atoms with van der Waals surface area (Å²) in [7, 11) is 1.75. The number of nitrogens with one attached hydrogen (secondary N) is 2. The zero-order valence-electron chi connectivity index (χ0n) is 23.7. The normalized spacial score (nSPS) is 22.5. The fraction of sp³-hybridized carbons (Fsp3) is 0.406. The van der Waals surface area contributed by atoms with Crippen LogP contribution in [0.5, 0.6) is 11.5 Å². The molecule has 3 heterocycles. The predicted octanol–water partition coefficient (Wildman–Crippen LogP) is 6.93. The average Bonchev–Trinajstić information content (AvgIpc) is 3.70. The first-order valence-corrected chi connectivity index (χ1v) is 15.3. The van der Waals surface area contributed by atoms with Crippen LogP contribution in [-0.4, -0.2) is 46.5 Å². The summed E-state index contributed by atoms with van der Waals surface area (Å²) < 4.78 is 27.4. The zero-order valence-corrected chi connectivity index (χ0v) is 24.5. The molecule has 0 aliphatic heterocycles. The van der Waals surface area contributed by atoms with Crippen LogP contribution in [0.15, 0.2) is 54.9 Å². The third-order valence-electron chi connectivity index (χ3n) is 8.27. The number of thiophene rings is 1. The van der Waals surface area contributed by atoms with Crippen molar-refractivity contribution >= 4 is 33.3 Å². The van der Waals surface area contributed by atoms with Gasteiger partial charge in [0.25, 0.3) is 0 Å². The smallest absolute Gasteiger partial charge is 0.319 e. The number of aliphatic hydroxyl groups is 1. The molecular formula is C32H35FN4O4S. The lowest BCUT2D eigenvalue weighted by atomic mass is 9.83. The molecule has 4 atom stereocenters. The first kappa shape index (κ1) is 28.5. The molecule has 0 saturated heterocycles. The lowest BCUT2D eigenvalue weighted by molar-refractivity contribution is 0.0352. The van der Waals surface area contributed by atoms with E-state index in [1.165, 1.54) is 23.5 Å². The van der Waals surface area contributed by atoms with Crippen LogP contribution in [0.4, 0.5) is 14.9 Å². The summed E-state index contributed by atoms with van der Waals surface area (Å²) in [6, 6.07) is 12.0. The van der Waals surface area contributed by atoms with Crippen molar-refractivity contribution in [3.8, 4) is 22.1 Å². The number of urea groups is 1. The van der Waals surface area contributed by atoms with Gasteiger partial charge in [-0.3, -0.25) is 9.97 Å². The van der Waals surface area contributed by atoms with Crippen molar-refractivity contribution in [1.82, 2.24) is 15.3 Å². The molecular weight excluding hydrogens is 555 g/mol. The third-order valence-corrected chi connectivity index (χ3v) is 9.43. The van der Waals surface area contributed by atoms with Gasteiger partial charge in [0.2, 0.25) is 0 Å². The SMILES string of the molecule is COC1CCC(O)CC(Cc2ccc(-c3cc4nccc(Oc5ccc(NC(=O)NC6CC6)cc5F)c4s3)nc2)C1C. The average molecular weight is 591 g/mol. The van der Waals surface area contributed by atoms with Crippen molar-refractivity contribution in [2.24, 2.45) is 11.8 Å². The summed E-state index contributed by atoms with van der Waals surface area (Å²) in [6.07, 6.45) is 8.61. The van der Waals surface area contributed by atoms with E-state index in [4.69, 9.17) is 14.5 Å². The Morgan fingerprint density at radius 1 is 1.10 bits per heavy atom. The Morgan fingerprint density at radius 2 is 1.95 bits per heavy atom. The highest BCUT2D eigenvalue weighted by Crippen LogP contribution is 2.40. The van der Waals surface area contributed by atoms with E-state index in [-0.39, 0.29) is 30.0 Å². The van der Waals surface area contributed by atoms with Gasteiger partial charge in [-0.15, -0.1) is 11.3 Å². The van der Waals surface area contributed by atoms with Crippen LogP contribution in [0.25, 0.3) is 20.8 Å². The van der Waals surface area contributed by atoms with Crippen LogP contribution >= 0.6 is 11.3 Å². The molecule has 6 rings (SSSR count). The van der Waals surface area contributed by atoms with E-state index in [1.807, 2.05) is 18.3 Å². The maximum Gasteiger partial charge on any atom is 0.319 e. The Labute approximate surface area is 248 Å². The van der Waals surface area contributed by atoms with Crippen LogP contribution < -0.4 is 15.4 Å². The molecule has 10 heteroatoms. The molecule has 0 spiro atoms. The minimum atomic E-state index is -0.578. The van der Waals surface area contributed by atoms with Gasteiger partial charge >= 0.3 is 6.03 Å². The Bertz CT molecular complexity index is 1560. The standard InChI is InChI=1S/C32H35FN4O4S/c1-18-20(14-23(38)7-10-27(18)40-2)13-19-3-8-25(35-17-19)30-16-26-31(42-30)29(11-12-34-26)41-28-9-6-22(15-24(28)33)37-32(39)36-21-4-5-21/h3,6,8-9,11-12,15-18,20-21,23,27,38H,4-5,7,10,13-14H2,1-2H3,(H2,36,37,39). The largest absolute Gasteiger partial charge is 0.453 e. The fourth-order valence-corrected chi connectivity index (χ4v) is 6.72. The second-order valence-corrected chi connectivity index (χ2v) is 12.4. The van der Waals surface area contributed by atoms with E-state index >= 15 is 0 Å². The molecule has 2 fully saturated rings. The van der Waals surface area contributed by atoms with Gasteiger partial charge in [-0.05, 0) is 80.2 Å². The summed E-state index contributed by atoms with van der Waals surface area (Å²) in [5, 5.41) is 15.9. The van der Waals surface area contributed by atoms with E-state index in [0.717, 1.165) is 64.9 Å². The molecule has 42 heavy (non-hydrogen) atoms. The van der Waals surface area contributed by atoms with Gasteiger partial charge in [0.1, 0.15) is 5.75 Å². The van der Waals surface area contributed by atoms with E-state index in [2.05, 4.69) is 28.6 Å².